The zero-order valence-electron chi connectivity index (χ0n) is 23.0. The average molecular weight is 470 g/mol. The van der Waals surface area contributed by atoms with Gasteiger partial charge in [0.2, 0.25) is 0 Å². The zero-order valence-corrected chi connectivity index (χ0v) is 23.9. The molecule has 0 aliphatic rings. The molecule has 0 saturated carbocycles. The predicted molar refractivity (Wildman–Crippen MR) is 152 cm³/mol. The molecule has 0 aliphatic heterocycles. The Hall–Kier alpha value is 0.130. The van der Waals surface area contributed by atoms with Crippen LogP contribution >= 0.6 is 7.26 Å². The molecule has 0 heterocycles. The van der Waals surface area contributed by atoms with Gasteiger partial charge in [-0.3, -0.25) is 0 Å². The molecule has 0 saturated heterocycles. The summed E-state index contributed by atoms with van der Waals surface area (Å²) >= 11 is 0. The summed E-state index contributed by atoms with van der Waals surface area (Å²) in [5.74, 6) is 0. The van der Waals surface area contributed by atoms with Crippen LogP contribution in [0.5, 0.6) is 0 Å². The molecule has 0 radical (unpaired) electrons. The summed E-state index contributed by atoms with van der Waals surface area (Å²) in [7, 11) is -0.878. The van der Waals surface area contributed by atoms with Crippen LogP contribution in [0.1, 0.15) is 143 Å². The molecule has 0 amide bonds. The maximum atomic E-state index is 6.06. The highest BCUT2D eigenvalue weighted by Crippen LogP contribution is 2.60. The van der Waals surface area contributed by atoms with Gasteiger partial charge in [0.15, 0.2) is 0 Å². The third kappa shape index (κ3) is 20.7. The van der Waals surface area contributed by atoms with Crippen molar-refractivity contribution in [2.75, 3.05) is 37.9 Å². The summed E-state index contributed by atoms with van der Waals surface area (Å²) in [4.78, 5) is 0. The number of rotatable bonds is 26. The summed E-state index contributed by atoms with van der Waals surface area (Å²) in [6, 6.07) is 0. The van der Waals surface area contributed by atoms with Crippen LogP contribution in [0.4, 0.5) is 0 Å². The van der Waals surface area contributed by atoms with Crippen molar-refractivity contribution in [1.29, 1.82) is 0 Å². The molecule has 0 rings (SSSR count). The standard InChI is InChI=1S/C30H62OP/c1-6-9-12-15-18-21-25-32(28-24-31-29-30(4)5,26-22-19-16-13-10-7-2)27-23-20-17-14-11-8-3/h4,6-29H2,1-3,5H3/q+1. The van der Waals surface area contributed by atoms with Gasteiger partial charge in [0, 0.05) is 7.26 Å². The van der Waals surface area contributed by atoms with E-state index in [4.69, 9.17) is 4.74 Å². The minimum Gasteiger partial charge on any atom is -0.373 e. The number of unbranched alkanes of at least 4 members (excludes halogenated alkanes) is 15. The molecular formula is C30H62OP+. The molecule has 2 heteroatoms. The van der Waals surface area contributed by atoms with E-state index in [1.54, 1.807) is 18.5 Å². The van der Waals surface area contributed by atoms with Crippen LogP contribution in [0, 0.1) is 0 Å². The van der Waals surface area contributed by atoms with Gasteiger partial charge >= 0.3 is 0 Å². The first kappa shape index (κ1) is 32.1. The molecule has 0 aliphatic carbocycles. The fraction of sp³-hybridized carbons (Fsp3) is 0.933. The van der Waals surface area contributed by atoms with Gasteiger partial charge in [0.25, 0.3) is 0 Å². The summed E-state index contributed by atoms with van der Waals surface area (Å²) < 4.78 is 6.06. The van der Waals surface area contributed by atoms with E-state index in [0.717, 1.165) is 18.8 Å². The van der Waals surface area contributed by atoms with E-state index in [0.29, 0.717) is 0 Å². The second kappa shape index (κ2) is 24.3. The Kier molecular flexibility index (Phi) is 24.4. The minimum absolute atomic E-state index is 0.755. The molecule has 0 aromatic rings. The summed E-state index contributed by atoms with van der Waals surface area (Å²) in [5, 5.41) is 0. The van der Waals surface area contributed by atoms with E-state index in [1.165, 1.54) is 122 Å². The second-order valence-electron chi connectivity index (χ2n) is 10.5. The fourth-order valence-electron chi connectivity index (χ4n) is 4.86. The molecule has 0 bridgehead atoms. The minimum atomic E-state index is -0.878. The largest absolute Gasteiger partial charge is 0.373 e. The topological polar surface area (TPSA) is 9.23 Å². The molecule has 0 aromatic carbocycles. The van der Waals surface area contributed by atoms with Crippen molar-refractivity contribution in [2.45, 2.75) is 143 Å². The third-order valence-electron chi connectivity index (χ3n) is 7.02. The molecule has 1 nitrogen and oxygen atoms in total. The Morgan fingerprint density at radius 2 is 0.875 bits per heavy atom. The Balaban J connectivity index is 4.77. The molecule has 0 aromatic heterocycles. The lowest BCUT2D eigenvalue weighted by molar-refractivity contribution is 0.173. The van der Waals surface area contributed by atoms with E-state index in [1.807, 2.05) is 0 Å². The quantitative estimate of drug-likeness (QED) is 0.0695. The molecule has 0 atom stereocenters. The van der Waals surface area contributed by atoms with Crippen LogP contribution < -0.4 is 0 Å². The Morgan fingerprint density at radius 3 is 1.22 bits per heavy atom. The third-order valence-corrected chi connectivity index (χ3v) is 11.9. The normalized spacial score (nSPS) is 11.9. The van der Waals surface area contributed by atoms with Crippen molar-refractivity contribution in [2.24, 2.45) is 0 Å². The molecule has 0 unspecified atom stereocenters. The first-order valence-electron chi connectivity index (χ1n) is 14.7. The highest BCUT2D eigenvalue weighted by molar-refractivity contribution is 7.75. The first-order chi connectivity index (χ1) is 15.6. The molecule has 192 valence electrons. The Morgan fingerprint density at radius 1 is 0.531 bits per heavy atom. The van der Waals surface area contributed by atoms with Crippen molar-refractivity contribution in [3.8, 4) is 0 Å². The van der Waals surface area contributed by atoms with E-state index >= 15 is 0 Å². The summed E-state index contributed by atoms with van der Waals surface area (Å²) in [5.41, 5.74) is 1.16. The summed E-state index contributed by atoms with van der Waals surface area (Å²) in [6.07, 6.45) is 31.8. The van der Waals surface area contributed by atoms with Gasteiger partial charge < -0.3 is 4.74 Å². The molecule has 32 heavy (non-hydrogen) atoms. The van der Waals surface area contributed by atoms with Crippen molar-refractivity contribution >= 4 is 7.26 Å². The maximum Gasteiger partial charge on any atom is 0.0828 e. The van der Waals surface area contributed by atoms with Crippen molar-refractivity contribution in [3.63, 3.8) is 0 Å². The molecular weight excluding hydrogens is 407 g/mol. The van der Waals surface area contributed by atoms with Gasteiger partial charge in [-0.25, -0.2) is 0 Å². The number of ether oxygens (including phenoxy) is 1. The van der Waals surface area contributed by atoms with E-state index in [9.17, 15) is 0 Å². The average Bonchev–Trinajstić information content (AvgIpc) is 2.78. The van der Waals surface area contributed by atoms with Gasteiger partial charge in [-0.2, -0.15) is 0 Å². The zero-order chi connectivity index (χ0) is 23.8. The van der Waals surface area contributed by atoms with Crippen LogP contribution in [0.3, 0.4) is 0 Å². The predicted octanol–water partition coefficient (Wildman–Crippen LogP) is 10.7. The molecule has 0 spiro atoms. The molecule has 0 fully saturated rings. The first-order valence-corrected chi connectivity index (χ1v) is 17.2. The van der Waals surface area contributed by atoms with Gasteiger partial charge in [0.05, 0.1) is 37.9 Å². The lowest BCUT2D eigenvalue weighted by Gasteiger charge is -2.28. The number of hydrogen-bond acceptors (Lipinski definition) is 1. The van der Waals surface area contributed by atoms with E-state index in [-0.39, 0.29) is 0 Å². The van der Waals surface area contributed by atoms with Crippen LogP contribution in [0.2, 0.25) is 0 Å². The van der Waals surface area contributed by atoms with Crippen molar-refractivity contribution in [1.82, 2.24) is 0 Å². The Bertz CT molecular complexity index is 351. The second-order valence-corrected chi connectivity index (χ2v) is 15.0. The maximum absolute atomic E-state index is 6.06. The van der Waals surface area contributed by atoms with Gasteiger partial charge in [0.1, 0.15) is 0 Å². The van der Waals surface area contributed by atoms with Crippen molar-refractivity contribution < 1.29 is 4.74 Å². The summed E-state index contributed by atoms with van der Waals surface area (Å²) in [6.45, 7) is 14.8. The SMILES string of the molecule is C=C(C)COCC[P+](CCCCCCCC)(CCCCCCCC)CCCCCCCC. The number of hydrogen-bond donors (Lipinski definition) is 0. The van der Waals surface area contributed by atoms with Gasteiger partial charge in [-0.1, -0.05) is 110 Å². The fourth-order valence-corrected chi connectivity index (χ4v) is 9.40. The van der Waals surface area contributed by atoms with Crippen LogP contribution in [0.15, 0.2) is 12.2 Å². The highest BCUT2D eigenvalue weighted by atomic mass is 31.2. The van der Waals surface area contributed by atoms with Crippen LogP contribution in [-0.2, 0) is 4.74 Å². The Labute approximate surface area is 205 Å². The molecule has 0 N–H and O–H groups in total. The van der Waals surface area contributed by atoms with E-state index in [2.05, 4.69) is 34.3 Å². The van der Waals surface area contributed by atoms with Crippen molar-refractivity contribution in [3.05, 3.63) is 12.2 Å². The lowest BCUT2D eigenvalue weighted by atomic mass is 10.1. The van der Waals surface area contributed by atoms with Gasteiger partial charge in [-0.15, -0.1) is 0 Å². The monoisotopic (exact) mass is 469 g/mol. The lowest BCUT2D eigenvalue weighted by Crippen LogP contribution is -2.17. The van der Waals surface area contributed by atoms with E-state index < -0.39 is 7.26 Å². The van der Waals surface area contributed by atoms with Crippen LogP contribution in [0.25, 0.3) is 0 Å². The van der Waals surface area contributed by atoms with Crippen LogP contribution in [-0.4, -0.2) is 37.9 Å². The smallest absolute Gasteiger partial charge is 0.0828 e. The van der Waals surface area contributed by atoms with Gasteiger partial charge in [-0.05, 0) is 45.4 Å². The highest BCUT2D eigenvalue weighted by Gasteiger charge is 2.35.